The van der Waals surface area contributed by atoms with E-state index < -0.39 is 0 Å². The van der Waals surface area contributed by atoms with Gasteiger partial charge in [0.25, 0.3) is 0 Å². The van der Waals surface area contributed by atoms with Crippen LogP contribution in [0, 0.1) is 0 Å². The molecular formula is C15H10BrN3OS. The first-order valence-corrected chi connectivity index (χ1v) is 7.31. The minimum absolute atomic E-state index is 0.242. The van der Waals surface area contributed by atoms with Crippen LogP contribution in [0.15, 0.2) is 53.4 Å². The third kappa shape index (κ3) is 2.86. The maximum Gasteiger partial charge on any atom is 0.148 e. The lowest BCUT2D eigenvalue weighted by atomic mass is 10.1. The molecule has 104 valence electrons. The summed E-state index contributed by atoms with van der Waals surface area (Å²) in [4.78, 5) is 8.68. The van der Waals surface area contributed by atoms with Crippen LogP contribution in [-0.2, 0) is 0 Å². The Bertz CT molecular complexity index is 838. The molecule has 1 aromatic carbocycles. The zero-order valence-electron chi connectivity index (χ0n) is 10.8. The minimum Gasteiger partial charge on any atom is -0.454 e. The average Bonchev–Trinajstić information content (AvgIpc) is 2.47. The predicted molar refractivity (Wildman–Crippen MR) is 89.6 cm³/mol. The molecule has 2 heterocycles. The number of ether oxygens (including phenoxy) is 1. The number of rotatable bonds is 3. The first-order chi connectivity index (χ1) is 10.1. The van der Waals surface area contributed by atoms with Crippen LogP contribution in [0.5, 0.6) is 11.5 Å². The van der Waals surface area contributed by atoms with Crippen LogP contribution in [0.3, 0.4) is 0 Å². The lowest BCUT2D eigenvalue weighted by molar-refractivity contribution is 0.484. The third-order valence-electron chi connectivity index (χ3n) is 2.89. The van der Waals surface area contributed by atoms with E-state index in [1.54, 1.807) is 18.6 Å². The highest BCUT2D eigenvalue weighted by molar-refractivity contribution is 9.10. The zero-order chi connectivity index (χ0) is 14.8. The van der Waals surface area contributed by atoms with Crippen molar-refractivity contribution >= 4 is 44.0 Å². The van der Waals surface area contributed by atoms with Gasteiger partial charge in [-0.3, -0.25) is 9.97 Å². The number of nitrogens with zero attached hydrogens (tertiary/aromatic N) is 2. The van der Waals surface area contributed by atoms with Gasteiger partial charge in [0.05, 0.1) is 17.3 Å². The van der Waals surface area contributed by atoms with Crippen molar-refractivity contribution < 1.29 is 4.74 Å². The number of benzene rings is 1. The fourth-order valence-corrected chi connectivity index (χ4v) is 2.46. The summed E-state index contributed by atoms with van der Waals surface area (Å²) in [5.41, 5.74) is 7.19. The van der Waals surface area contributed by atoms with Crippen LogP contribution in [-0.4, -0.2) is 15.0 Å². The van der Waals surface area contributed by atoms with Gasteiger partial charge in [0.2, 0.25) is 0 Å². The molecular weight excluding hydrogens is 350 g/mol. The highest BCUT2D eigenvalue weighted by Gasteiger charge is 2.13. The molecule has 0 unspecified atom stereocenters. The zero-order valence-corrected chi connectivity index (χ0v) is 13.2. The molecule has 2 aromatic heterocycles. The number of aromatic nitrogens is 2. The van der Waals surface area contributed by atoms with E-state index in [0.29, 0.717) is 17.1 Å². The van der Waals surface area contributed by atoms with Gasteiger partial charge >= 0.3 is 0 Å². The van der Waals surface area contributed by atoms with Crippen LogP contribution in [0.4, 0.5) is 0 Å². The van der Waals surface area contributed by atoms with Crippen molar-refractivity contribution in [3.8, 4) is 11.5 Å². The number of fused-ring (bicyclic) bond motifs is 1. The molecule has 4 nitrogen and oxygen atoms in total. The summed E-state index contributed by atoms with van der Waals surface area (Å²) >= 11 is 8.45. The Morgan fingerprint density at radius 1 is 1.19 bits per heavy atom. The SMILES string of the molecule is NC(=S)c1cnc2ccccc2c1Oc1cncc(Br)c1. The van der Waals surface area contributed by atoms with Gasteiger partial charge in [0, 0.05) is 22.3 Å². The minimum atomic E-state index is 0.242. The normalized spacial score (nSPS) is 10.5. The van der Waals surface area contributed by atoms with E-state index in [9.17, 15) is 0 Å². The summed E-state index contributed by atoms with van der Waals surface area (Å²) < 4.78 is 6.79. The van der Waals surface area contributed by atoms with Crippen molar-refractivity contribution in [3.05, 3.63) is 59.0 Å². The van der Waals surface area contributed by atoms with E-state index in [4.69, 9.17) is 22.7 Å². The highest BCUT2D eigenvalue weighted by atomic mass is 79.9. The molecule has 0 aliphatic carbocycles. The van der Waals surface area contributed by atoms with Crippen molar-refractivity contribution in [1.29, 1.82) is 0 Å². The second-order valence-electron chi connectivity index (χ2n) is 4.32. The first-order valence-electron chi connectivity index (χ1n) is 6.11. The Kier molecular flexibility index (Phi) is 3.81. The molecule has 3 rings (SSSR count). The molecule has 6 heteroatoms. The molecule has 0 fully saturated rings. The number of halogens is 1. The fourth-order valence-electron chi connectivity index (χ4n) is 1.97. The fraction of sp³-hybridized carbons (Fsp3) is 0. The molecule has 0 saturated carbocycles. The van der Waals surface area contributed by atoms with Gasteiger partial charge in [-0.05, 0) is 34.1 Å². The summed E-state index contributed by atoms with van der Waals surface area (Å²) in [5.74, 6) is 1.19. The topological polar surface area (TPSA) is 61.0 Å². The summed E-state index contributed by atoms with van der Waals surface area (Å²) in [6.45, 7) is 0. The Morgan fingerprint density at radius 3 is 2.76 bits per heavy atom. The van der Waals surface area contributed by atoms with Crippen molar-refractivity contribution in [2.75, 3.05) is 0 Å². The van der Waals surface area contributed by atoms with Crippen molar-refractivity contribution in [2.45, 2.75) is 0 Å². The molecule has 2 N–H and O–H groups in total. The maximum absolute atomic E-state index is 5.96. The Balaban J connectivity index is 2.18. The standard InChI is InChI=1S/C15H10BrN3OS/c16-9-5-10(7-18-6-9)20-14-11-3-1-2-4-13(11)19-8-12(14)15(17)21/h1-8H,(H2,17,21). The Labute approximate surface area is 135 Å². The number of para-hydroxylation sites is 1. The van der Waals surface area contributed by atoms with Gasteiger partial charge in [-0.15, -0.1) is 0 Å². The maximum atomic E-state index is 5.96. The van der Waals surface area contributed by atoms with Crippen LogP contribution >= 0.6 is 28.1 Å². The largest absolute Gasteiger partial charge is 0.454 e. The number of nitrogens with two attached hydrogens (primary N) is 1. The molecule has 0 saturated heterocycles. The van der Waals surface area contributed by atoms with Crippen LogP contribution in [0.2, 0.25) is 0 Å². The van der Waals surface area contributed by atoms with Crippen LogP contribution in [0.1, 0.15) is 5.56 Å². The van der Waals surface area contributed by atoms with Crippen LogP contribution < -0.4 is 10.5 Å². The summed E-state index contributed by atoms with van der Waals surface area (Å²) in [7, 11) is 0. The molecule has 0 aliphatic heterocycles. The van der Waals surface area contributed by atoms with Gasteiger partial charge in [-0.25, -0.2) is 0 Å². The highest BCUT2D eigenvalue weighted by Crippen LogP contribution is 2.32. The molecule has 0 amide bonds. The average molecular weight is 360 g/mol. The van der Waals surface area contributed by atoms with Gasteiger partial charge in [-0.1, -0.05) is 24.4 Å². The first kappa shape index (κ1) is 13.9. The third-order valence-corrected chi connectivity index (χ3v) is 3.54. The summed E-state index contributed by atoms with van der Waals surface area (Å²) in [5, 5.41) is 0.850. The van der Waals surface area contributed by atoms with E-state index in [1.807, 2.05) is 30.3 Å². The van der Waals surface area contributed by atoms with Gasteiger partial charge in [0.15, 0.2) is 0 Å². The summed E-state index contributed by atoms with van der Waals surface area (Å²) in [6.07, 6.45) is 4.95. The van der Waals surface area contributed by atoms with E-state index in [0.717, 1.165) is 15.4 Å². The molecule has 3 aromatic rings. The Hall–Kier alpha value is -2.05. The number of hydrogen-bond donors (Lipinski definition) is 1. The molecule has 0 spiro atoms. The summed E-state index contributed by atoms with van der Waals surface area (Å²) in [6, 6.07) is 9.49. The second-order valence-corrected chi connectivity index (χ2v) is 5.68. The molecule has 0 atom stereocenters. The van der Waals surface area contributed by atoms with Gasteiger partial charge in [-0.2, -0.15) is 0 Å². The lowest BCUT2D eigenvalue weighted by Crippen LogP contribution is -2.11. The smallest absolute Gasteiger partial charge is 0.148 e. The van der Waals surface area contributed by atoms with Gasteiger partial charge in [0.1, 0.15) is 16.5 Å². The van der Waals surface area contributed by atoms with E-state index >= 15 is 0 Å². The quantitative estimate of drug-likeness (QED) is 0.720. The predicted octanol–water partition coefficient (Wildman–Crippen LogP) is 3.82. The lowest BCUT2D eigenvalue weighted by Gasteiger charge is -2.12. The van der Waals surface area contributed by atoms with E-state index in [2.05, 4.69) is 25.9 Å². The number of pyridine rings is 2. The van der Waals surface area contributed by atoms with Crippen molar-refractivity contribution in [2.24, 2.45) is 5.73 Å². The number of thiocarbonyl (C=S) groups is 1. The van der Waals surface area contributed by atoms with E-state index in [-0.39, 0.29) is 4.99 Å². The second kappa shape index (κ2) is 5.75. The molecule has 0 bridgehead atoms. The van der Waals surface area contributed by atoms with Gasteiger partial charge < -0.3 is 10.5 Å². The van der Waals surface area contributed by atoms with Crippen LogP contribution in [0.25, 0.3) is 10.9 Å². The number of hydrogen-bond acceptors (Lipinski definition) is 4. The van der Waals surface area contributed by atoms with Crippen molar-refractivity contribution in [1.82, 2.24) is 9.97 Å². The molecule has 21 heavy (non-hydrogen) atoms. The van der Waals surface area contributed by atoms with E-state index in [1.165, 1.54) is 0 Å². The monoisotopic (exact) mass is 359 g/mol. The molecule has 0 radical (unpaired) electrons. The van der Waals surface area contributed by atoms with Crippen molar-refractivity contribution in [3.63, 3.8) is 0 Å². The molecule has 0 aliphatic rings. The Morgan fingerprint density at radius 2 is 2.00 bits per heavy atom.